The van der Waals surface area contributed by atoms with E-state index in [2.05, 4.69) is 35.0 Å². The molecule has 0 aliphatic heterocycles. The van der Waals surface area contributed by atoms with Crippen LogP contribution in [0.1, 0.15) is 17.0 Å². The first-order valence-corrected chi connectivity index (χ1v) is 6.96. The Morgan fingerprint density at radius 2 is 1.95 bits per heavy atom. The van der Waals surface area contributed by atoms with Crippen molar-refractivity contribution in [2.24, 2.45) is 0 Å². The number of nitriles is 1. The summed E-state index contributed by atoms with van der Waals surface area (Å²) in [5, 5.41) is 22.9. The number of hydrogen-bond acceptors (Lipinski definition) is 5. The lowest BCUT2D eigenvalue weighted by Crippen LogP contribution is -2.22. The molecule has 2 heterocycles. The number of aromatic nitrogens is 5. The molecule has 7 heteroatoms. The van der Waals surface area contributed by atoms with Crippen LogP contribution in [-0.2, 0) is 13.1 Å². The molecule has 0 radical (unpaired) electrons. The van der Waals surface area contributed by atoms with E-state index in [4.69, 9.17) is 5.26 Å². The van der Waals surface area contributed by atoms with Gasteiger partial charge in [0.1, 0.15) is 12.4 Å². The summed E-state index contributed by atoms with van der Waals surface area (Å²) in [5.41, 5.74) is 4.31. The predicted molar refractivity (Wildman–Crippen MR) is 80.0 cm³/mol. The van der Waals surface area contributed by atoms with E-state index in [1.165, 1.54) is 22.1 Å². The average molecular weight is 296 g/mol. The Labute approximate surface area is 127 Å². The summed E-state index contributed by atoms with van der Waals surface area (Å²) in [5.74, 6) is 0.103. The van der Waals surface area contributed by atoms with Crippen LogP contribution in [0.2, 0.25) is 0 Å². The van der Waals surface area contributed by atoms with Gasteiger partial charge in [-0.2, -0.15) is 5.26 Å². The SMILES string of the molecule is Cc1cc2ncn(C[C@@H](O)Cn3cnc(C#N)n3)c2cc1C. The summed E-state index contributed by atoms with van der Waals surface area (Å²) in [4.78, 5) is 8.19. The summed E-state index contributed by atoms with van der Waals surface area (Å²) in [6.45, 7) is 4.79. The van der Waals surface area contributed by atoms with Crippen molar-refractivity contribution in [1.82, 2.24) is 24.3 Å². The van der Waals surface area contributed by atoms with Crippen molar-refractivity contribution in [2.75, 3.05) is 0 Å². The number of nitrogens with zero attached hydrogens (tertiary/aromatic N) is 6. The zero-order valence-corrected chi connectivity index (χ0v) is 12.4. The third-order valence-corrected chi connectivity index (χ3v) is 3.68. The van der Waals surface area contributed by atoms with Crippen LogP contribution in [0, 0.1) is 25.2 Å². The van der Waals surface area contributed by atoms with Gasteiger partial charge in [-0.25, -0.2) is 14.6 Å². The fourth-order valence-corrected chi connectivity index (χ4v) is 2.39. The first-order valence-electron chi connectivity index (χ1n) is 6.96. The van der Waals surface area contributed by atoms with Crippen molar-refractivity contribution in [1.29, 1.82) is 5.26 Å². The second-order valence-corrected chi connectivity index (χ2v) is 5.38. The minimum Gasteiger partial charge on any atom is -0.389 e. The van der Waals surface area contributed by atoms with Crippen molar-refractivity contribution in [3.8, 4) is 6.07 Å². The van der Waals surface area contributed by atoms with E-state index in [1.807, 2.05) is 16.7 Å². The van der Waals surface area contributed by atoms with Crippen LogP contribution < -0.4 is 0 Å². The Balaban J connectivity index is 1.78. The second kappa shape index (κ2) is 5.58. The molecule has 112 valence electrons. The third-order valence-electron chi connectivity index (χ3n) is 3.68. The van der Waals surface area contributed by atoms with Gasteiger partial charge >= 0.3 is 0 Å². The van der Waals surface area contributed by atoms with Crippen molar-refractivity contribution < 1.29 is 5.11 Å². The van der Waals surface area contributed by atoms with Gasteiger partial charge in [0.05, 0.1) is 36.6 Å². The fraction of sp³-hybridized carbons (Fsp3) is 0.333. The third kappa shape index (κ3) is 2.69. The molecule has 2 aromatic heterocycles. The number of aliphatic hydroxyl groups is 1. The number of benzene rings is 1. The van der Waals surface area contributed by atoms with Crippen LogP contribution in [0.15, 0.2) is 24.8 Å². The molecule has 0 unspecified atom stereocenters. The van der Waals surface area contributed by atoms with Gasteiger partial charge in [0.25, 0.3) is 5.82 Å². The highest BCUT2D eigenvalue weighted by atomic mass is 16.3. The Morgan fingerprint density at radius 3 is 2.68 bits per heavy atom. The molecule has 0 fully saturated rings. The lowest BCUT2D eigenvalue weighted by atomic mass is 10.1. The highest BCUT2D eigenvalue weighted by molar-refractivity contribution is 5.77. The second-order valence-electron chi connectivity index (χ2n) is 5.38. The Hall–Kier alpha value is -2.72. The molecule has 3 rings (SSSR count). The van der Waals surface area contributed by atoms with Gasteiger partial charge in [-0.15, -0.1) is 5.10 Å². The van der Waals surface area contributed by atoms with Gasteiger partial charge in [-0.1, -0.05) is 0 Å². The minimum absolute atomic E-state index is 0.103. The molecule has 0 spiro atoms. The van der Waals surface area contributed by atoms with Crippen LogP contribution >= 0.6 is 0 Å². The standard InChI is InChI=1S/C15H16N6O/c1-10-3-13-14(4-11(10)2)20(8-17-13)6-12(22)7-21-9-18-15(5-16)19-21/h3-4,8-9,12,22H,6-7H2,1-2H3/t12-/m1/s1. The van der Waals surface area contributed by atoms with Crippen LogP contribution in [0.25, 0.3) is 11.0 Å². The lowest BCUT2D eigenvalue weighted by Gasteiger charge is -2.12. The molecule has 7 nitrogen and oxygen atoms in total. The Morgan fingerprint density at radius 1 is 1.18 bits per heavy atom. The van der Waals surface area contributed by atoms with Crippen LogP contribution in [0.4, 0.5) is 0 Å². The Kier molecular flexibility index (Phi) is 3.61. The smallest absolute Gasteiger partial charge is 0.252 e. The molecule has 3 aromatic rings. The topological polar surface area (TPSA) is 92.5 Å². The maximum Gasteiger partial charge on any atom is 0.252 e. The van der Waals surface area contributed by atoms with Crippen molar-refractivity contribution >= 4 is 11.0 Å². The number of fused-ring (bicyclic) bond motifs is 1. The molecular formula is C15H16N6O. The fourth-order valence-electron chi connectivity index (χ4n) is 2.39. The molecule has 0 saturated heterocycles. The van der Waals surface area contributed by atoms with E-state index in [0.29, 0.717) is 6.54 Å². The summed E-state index contributed by atoms with van der Waals surface area (Å²) < 4.78 is 3.40. The highest BCUT2D eigenvalue weighted by Crippen LogP contribution is 2.18. The summed E-state index contributed by atoms with van der Waals surface area (Å²) in [6.07, 6.45) is 2.53. The van der Waals surface area contributed by atoms with E-state index in [9.17, 15) is 5.11 Å². The lowest BCUT2D eigenvalue weighted by molar-refractivity contribution is 0.131. The first kappa shape index (κ1) is 14.2. The molecule has 0 amide bonds. The van der Waals surface area contributed by atoms with Gasteiger partial charge in [0.2, 0.25) is 0 Å². The van der Waals surface area contributed by atoms with E-state index in [-0.39, 0.29) is 12.4 Å². The van der Waals surface area contributed by atoms with Crippen molar-refractivity contribution in [2.45, 2.75) is 33.0 Å². The summed E-state index contributed by atoms with van der Waals surface area (Å²) >= 11 is 0. The van der Waals surface area contributed by atoms with Gasteiger partial charge in [-0.3, -0.25) is 0 Å². The highest BCUT2D eigenvalue weighted by Gasteiger charge is 2.11. The molecule has 0 aliphatic rings. The molecule has 1 aromatic carbocycles. The van der Waals surface area contributed by atoms with E-state index >= 15 is 0 Å². The monoisotopic (exact) mass is 296 g/mol. The number of rotatable bonds is 4. The molecule has 0 saturated carbocycles. The van der Waals surface area contributed by atoms with Crippen LogP contribution in [0.3, 0.4) is 0 Å². The average Bonchev–Trinajstić information content (AvgIpc) is 3.08. The molecule has 22 heavy (non-hydrogen) atoms. The quantitative estimate of drug-likeness (QED) is 0.780. The van der Waals surface area contributed by atoms with E-state index in [1.54, 1.807) is 6.33 Å². The molecule has 1 N–H and O–H groups in total. The normalized spacial score (nSPS) is 12.5. The minimum atomic E-state index is -0.646. The number of aryl methyl sites for hydroxylation is 2. The van der Waals surface area contributed by atoms with Crippen molar-refractivity contribution in [3.63, 3.8) is 0 Å². The maximum atomic E-state index is 10.2. The summed E-state index contributed by atoms with van der Waals surface area (Å²) in [7, 11) is 0. The predicted octanol–water partition coefficient (Wildman–Crippen LogP) is 1.18. The van der Waals surface area contributed by atoms with Gasteiger partial charge in [0.15, 0.2) is 0 Å². The Bertz CT molecular complexity index is 857. The van der Waals surface area contributed by atoms with E-state index < -0.39 is 6.10 Å². The van der Waals surface area contributed by atoms with Crippen molar-refractivity contribution in [3.05, 3.63) is 41.7 Å². The summed E-state index contributed by atoms with van der Waals surface area (Å²) in [6, 6.07) is 5.98. The zero-order chi connectivity index (χ0) is 15.7. The largest absolute Gasteiger partial charge is 0.389 e. The number of imidazole rings is 1. The molecule has 1 atom stereocenters. The zero-order valence-electron chi connectivity index (χ0n) is 12.4. The van der Waals surface area contributed by atoms with Crippen LogP contribution in [0.5, 0.6) is 0 Å². The molecule has 0 aliphatic carbocycles. The van der Waals surface area contributed by atoms with Gasteiger partial charge in [-0.05, 0) is 37.1 Å². The van der Waals surface area contributed by atoms with Gasteiger partial charge < -0.3 is 9.67 Å². The molecule has 0 bridgehead atoms. The van der Waals surface area contributed by atoms with Gasteiger partial charge in [0, 0.05) is 0 Å². The number of hydrogen-bond donors (Lipinski definition) is 1. The number of aliphatic hydroxyl groups excluding tert-OH is 1. The maximum absolute atomic E-state index is 10.2. The molecular weight excluding hydrogens is 280 g/mol. The van der Waals surface area contributed by atoms with Crippen LogP contribution in [-0.4, -0.2) is 35.5 Å². The first-order chi connectivity index (χ1) is 10.6. The van der Waals surface area contributed by atoms with E-state index in [0.717, 1.165) is 11.0 Å².